The summed E-state index contributed by atoms with van der Waals surface area (Å²) in [5.41, 5.74) is 2.20. The van der Waals surface area contributed by atoms with E-state index in [2.05, 4.69) is 9.97 Å². The quantitative estimate of drug-likeness (QED) is 0.915. The number of rotatable bonds is 2. The number of aromatic amines is 1. The van der Waals surface area contributed by atoms with Crippen LogP contribution in [0, 0.1) is 0 Å². The highest BCUT2D eigenvalue weighted by atomic mass is 35.5. The maximum atomic E-state index is 12.5. The molecule has 0 saturated heterocycles. The van der Waals surface area contributed by atoms with E-state index in [0.717, 1.165) is 11.3 Å². The maximum Gasteiger partial charge on any atom is 0.254 e. The maximum absolute atomic E-state index is 12.5. The van der Waals surface area contributed by atoms with Gasteiger partial charge in [-0.3, -0.25) is 9.59 Å². The van der Waals surface area contributed by atoms with E-state index >= 15 is 0 Å². The lowest BCUT2D eigenvalue weighted by Gasteiger charge is -2.20. The Bertz CT molecular complexity index is 757. The lowest BCUT2D eigenvalue weighted by molar-refractivity contribution is -0.130. The molecule has 0 radical (unpaired) electrons. The molecule has 2 heterocycles. The number of carbonyl (C=O) groups is 1. The van der Waals surface area contributed by atoms with Crippen LogP contribution in [0.1, 0.15) is 16.8 Å². The van der Waals surface area contributed by atoms with Gasteiger partial charge >= 0.3 is 0 Å². The van der Waals surface area contributed by atoms with Gasteiger partial charge in [0, 0.05) is 30.1 Å². The third-order valence-corrected chi connectivity index (χ3v) is 4.31. The molecule has 1 aliphatic heterocycles. The van der Waals surface area contributed by atoms with Crippen LogP contribution < -0.4 is 5.56 Å². The smallest absolute Gasteiger partial charge is 0.254 e. The second kappa shape index (κ2) is 6.32. The second-order valence-electron chi connectivity index (χ2n) is 5.31. The average molecular weight is 318 g/mol. The monoisotopic (exact) mass is 317 g/mol. The molecule has 2 aromatic rings. The number of hydrogen-bond donors (Lipinski definition) is 1. The molecule has 0 atom stereocenters. The van der Waals surface area contributed by atoms with Crippen LogP contribution in [0.5, 0.6) is 0 Å². The van der Waals surface area contributed by atoms with E-state index in [1.54, 1.807) is 11.0 Å². The predicted octanol–water partition coefficient (Wildman–Crippen LogP) is 1.59. The lowest BCUT2D eigenvalue weighted by atomic mass is 10.1. The van der Waals surface area contributed by atoms with Crippen molar-refractivity contribution in [2.24, 2.45) is 0 Å². The van der Waals surface area contributed by atoms with E-state index < -0.39 is 0 Å². The first-order chi connectivity index (χ1) is 10.6. The number of nitrogens with one attached hydrogen (secondary N) is 1. The number of hydrogen-bond acceptors (Lipinski definition) is 3. The molecule has 1 aromatic heterocycles. The number of carbonyl (C=O) groups excluding carboxylic acids is 1. The van der Waals surface area contributed by atoms with Crippen molar-refractivity contribution in [1.29, 1.82) is 0 Å². The fraction of sp³-hybridized carbons (Fsp3) is 0.312. The topological polar surface area (TPSA) is 66.1 Å². The average Bonchev–Trinajstić information content (AvgIpc) is 2.73. The van der Waals surface area contributed by atoms with Gasteiger partial charge in [-0.05, 0) is 18.1 Å². The number of halogens is 1. The molecule has 3 rings (SSSR count). The van der Waals surface area contributed by atoms with E-state index in [0.29, 0.717) is 36.5 Å². The van der Waals surface area contributed by atoms with Crippen molar-refractivity contribution >= 4 is 17.5 Å². The summed E-state index contributed by atoms with van der Waals surface area (Å²) in [6, 6.07) is 7.36. The highest BCUT2D eigenvalue weighted by Crippen LogP contribution is 2.17. The molecule has 1 aromatic carbocycles. The Balaban J connectivity index is 1.72. The summed E-state index contributed by atoms with van der Waals surface area (Å²) < 4.78 is 0. The summed E-state index contributed by atoms with van der Waals surface area (Å²) in [6.07, 6.45) is 2.84. The van der Waals surface area contributed by atoms with E-state index in [1.807, 2.05) is 18.2 Å². The first-order valence-corrected chi connectivity index (χ1v) is 7.59. The van der Waals surface area contributed by atoms with Gasteiger partial charge in [0.15, 0.2) is 0 Å². The molecular weight excluding hydrogens is 302 g/mol. The molecular formula is C16H16ClN3O2. The minimum atomic E-state index is -0.106. The molecule has 6 heteroatoms. The SMILES string of the molecule is O=C(Cc1ccccc1Cl)N1CCc2nc[nH]c(=O)c2CC1. The van der Waals surface area contributed by atoms with Gasteiger partial charge in [0.1, 0.15) is 0 Å². The number of aromatic nitrogens is 2. The first-order valence-electron chi connectivity index (χ1n) is 7.22. The minimum Gasteiger partial charge on any atom is -0.342 e. The van der Waals surface area contributed by atoms with Crippen LogP contribution in [0.25, 0.3) is 0 Å². The fourth-order valence-corrected chi connectivity index (χ4v) is 2.91. The molecule has 0 aliphatic carbocycles. The van der Waals surface area contributed by atoms with E-state index in [1.165, 1.54) is 6.33 Å². The first kappa shape index (κ1) is 14.8. The molecule has 0 bridgehead atoms. The fourth-order valence-electron chi connectivity index (χ4n) is 2.70. The summed E-state index contributed by atoms with van der Waals surface area (Å²) in [6.45, 7) is 1.11. The largest absolute Gasteiger partial charge is 0.342 e. The van der Waals surface area contributed by atoms with Gasteiger partial charge in [-0.15, -0.1) is 0 Å². The van der Waals surface area contributed by atoms with Gasteiger partial charge in [-0.2, -0.15) is 0 Å². The molecule has 0 saturated carbocycles. The minimum absolute atomic E-state index is 0.0253. The zero-order valence-electron chi connectivity index (χ0n) is 12.0. The Morgan fingerprint density at radius 3 is 2.86 bits per heavy atom. The molecule has 1 N–H and O–H groups in total. The molecule has 0 fully saturated rings. The van der Waals surface area contributed by atoms with Crippen LogP contribution in [0.4, 0.5) is 0 Å². The van der Waals surface area contributed by atoms with Gasteiger partial charge in [0.05, 0.1) is 18.4 Å². The number of benzene rings is 1. The van der Waals surface area contributed by atoms with Crippen LogP contribution in [0.2, 0.25) is 5.02 Å². The van der Waals surface area contributed by atoms with Gasteiger partial charge in [-0.1, -0.05) is 29.8 Å². The molecule has 1 aliphatic rings. The molecule has 5 nitrogen and oxygen atoms in total. The van der Waals surface area contributed by atoms with Crippen LogP contribution in [-0.2, 0) is 24.1 Å². The Kier molecular flexibility index (Phi) is 4.24. The van der Waals surface area contributed by atoms with Crippen molar-refractivity contribution in [3.63, 3.8) is 0 Å². The summed E-state index contributed by atoms with van der Waals surface area (Å²) in [5, 5.41) is 0.604. The normalized spacial score (nSPS) is 14.3. The molecule has 22 heavy (non-hydrogen) atoms. The highest BCUT2D eigenvalue weighted by molar-refractivity contribution is 6.31. The van der Waals surface area contributed by atoms with Gasteiger partial charge in [0.2, 0.25) is 5.91 Å². The van der Waals surface area contributed by atoms with Crippen molar-refractivity contribution in [2.75, 3.05) is 13.1 Å². The van der Waals surface area contributed by atoms with E-state index in [4.69, 9.17) is 11.6 Å². The summed E-state index contributed by atoms with van der Waals surface area (Å²) >= 11 is 6.11. The zero-order chi connectivity index (χ0) is 15.5. The van der Waals surface area contributed by atoms with Gasteiger partial charge < -0.3 is 9.88 Å². The Morgan fingerprint density at radius 2 is 2.05 bits per heavy atom. The third-order valence-electron chi connectivity index (χ3n) is 3.94. The van der Waals surface area contributed by atoms with Crippen molar-refractivity contribution in [1.82, 2.24) is 14.9 Å². The number of amides is 1. The Hall–Kier alpha value is -2.14. The van der Waals surface area contributed by atoms with Crippen LogP contribution >= 0.6 is 11.6 Å². The lowest BCUT2D eigenvalue weighted by Crippen LogP contribution is -2.34. The van der Waals surface area contributed by atoms with Crippen molar-refractivity contribution in [3.05, 3.63) is 62.8 Å². The standard InChI is InChI=1S/C16H16ClN3O2/c17-13-4-2-1-3-11(13)9-15(21)20-7-5-12-14(6-8-20)18-10-19-16(12)22/h1-4,10H,5-9H2,(H,18,19,22). The van der Waals surface area contributed by atoms with Crippen molar-refractivity contribution in [3.8, 4) is 0 Å². The van der Waals surface area contributed by atoms with Crippen molar-refractivity contribution < 1.29 is 4.79 Å². The molecule has 0 spiro atoms. The van der Waals surface area contributed by atoms with Crippen LogP contribution in [0.3, 0.4) is 0 Å². The Labute approximate surface area is 132 Å². The number of nitrogens with zero attached hydrogens (tertiary/aromatic N) is 2. The molecule has 1 amide bonds. The van der Waals surface area contributed by atoms with Gasteiger partial charge in [-0.25, -0.2) is 4.98 Å². The zero-order valence-corrected chi connectivity index (χ0v) is 12.8. The van der Waals surface area contributed by atoms with Gasteiger partial charge in [0.25, 0.3) is 5.56 Å². The summed E-state index contributed by atoms with van der Waals surface area (Å²) in [4.78, 5) is 32.9. The third kappa shape index (κ3) is 3.04. The van der Waals surface area contributed by atoms with Crippen LogP contribution in [0.15, 0.2) is 35.4 Å². The van der Waals surface area contributed by atoms with E-state index in [9.17, 15) is 9.59 Å². The van der Waals surface area contributed by atoms with E-state index in [-0.39, 0.29) is 17.9 Å². The number of H-pyrrole nitrogens is 1. The molecule has 114 valence electrons. The predicted molar refractivity (Wildman–Crippen MR) is 84.0 cm³/mol. The highest BCUT2D eigenvalue weighted by Gasteiger charge is 2.21. The summed E-state index contributed by atoms with van der Waals surface area (Å²) in [5.74, 6) is 0.0253. The Morgan fingerprint density at radius 1 is 1.27 bits per heavy atom. The van der Waals surface area contributed by atoms with Crippen LogP contribution in [-0.4, -0.2) is 33.9 Å². The number of fused-ring (bicyclic) bond motifs is 1. The molecule has 0 unspecified atom stereocenters. The summed E-state index contributed by atoms with van der Waals surface area (Å²) in [7, 11) is 0. The second-order valence-corrected chi connectivity index (χ2v) is 5.71. The van der Waals surface area contributed by atoms with Crippen molar-refractivity contribution in [2.45, 2.75) is 19.3 Å².